The van der Waals surface area contributed by atoms with Gasteiger partial charge < -0.3 is 9.84 Å². The summed E-state index contributed by atoms with van der Waals surface area (Å²) in [5.41, 5.74) is 0. The van der Waals surface area contributed by atoms with E-state index in [0.29, 0.717) is 25.4 Å². The molecule has 1 N–H and O–H groups in total. The van der Waals surface area contributed by atoms with Gasteiger partial charge in [0.2, 0.25) is 0 Å². The number of hydrogen-bond donors (Lipinski definition) is 1. The number of carboxylic acids is 1. The smallest absolute Gasteiger partial charge is 0.309 e. The summed E-state index contributed by atoms with van der Waals surface area (Å²) in [5.74, 6) is -1.68. The van der Waals surface area contributed by atoms with Gasteiger partial charge in [-0.05, 0) is 25.2 Å². The van der Waals surface area contributed by atoms with Gasteiger partial charge in [-0.1, -0.05) is 26.7 Å². The molecule has 0 amide bonds. The van der Waals surface area contributed by atoms with Gasteiger partial charge in [0, 0.05) is 0 Å². The summed E-state index contributed by atoms with van der Waals surface area (Å²) < 4.78 is 5.17. The quantitative estimate of drug-likeness (QED) is 0.752. The molecule has 1 aliphatic carbocycles. The van der Waals surface area contributed by atoms with Crippen LogP contribution in [0.4, 0.5) is 0 Å². The summed E-state index contributed by atoms with van der Waals surface area (Å²) in [6.07, 6.45) is 3.90. The molecule has 17 heavy (non-hydrogen) atoms. The van der Waals surface area contributed by atoms with Crippen LogP contribution in [0, 0.1) is 17.8 Å². The molecule has 0 saturated heterocycles. The number of esters is 1. The summed E-state index contributed by atoms with van der Waals surface area (Å²) in [7, 11) is 0. The number of rotatable bonds is 5. The molecule has 0 spiro atoms. The molecular weight excluding hydrogens is 220 g/mol. The largest absolute Gasteiger partial charge is 0.481 e. The Balaban J connectivity index is 2.45. The van der Waals surface area contributed by atoms with Gasteiger partial charge in [0.05, 0.1) is 18.4 Å². The van der Waals surface area contributed by atoms with E-state index in [1.807, 2.05) is 0 Å². The van der Waals surface area contributed by atoms with Crippen LogP contribution in [0.3, 0.4) is 0 Å². The third-order valence-corrected chi connectivity index (χ3v) is 3.33. The summed E-state index contributed by atoms with van der Waals surface area (Å²) >= 11 is 0. The maximum absolute atomic E-state index is 11.8. The van der Waals surface area contributed by atoms with Crippen molar-refractivity contribution in [3.8, 4) is 0 Å². The normalized spacial score (nSPS) is 24.6. The predicted octanol–water partition coefficient (Wildman–Crippen LogP) is 2.47. The van der Waals surface area contributed by atoms with E-state index in [4.69, 9.17) is 9.84 Å². The second-order valence-electron chi connectivity index (χ2n) is 5.19. The van der Waals surface area contributed by atoms with Gasteiger partial charge >= 0.3 is 11.9 Å². The van der Waals surface area contributed by atoms with Crippen LogP contribution in [-0.4, -0.2) is 23.7 Å². The predicted molar refractivity (Wildman–Crippen MR) is 63.5 cm³/mol. The molecule has 0 aromatic heterocycles. The van der Waals surface area contributed by atoms with E-state index in [2.05, 4.69) is 13.8 Å². The molecule has 4 heteroatoms. The van der Waals surface area contributed by atoms with Crippen molar-refractivity contribution < 1.29 is 19.4 Å². The van der Waals surface area contributed by atoms with Crippen molar-refractivity contribution in [1.82, 2.24) is 0 Å². The Morgan fingerprint density at radius 2 is 1.82 bits per heavy atom. The van der Waals surface area contributed by atoms with Crippen molar-refractivity contribution in [3.63, 3.8) is 0 Å². The molecule has 98 valence electrons. The van der Waals surface area contributed by atoms with Gasteiger partial charge in [-0.25, -0.2) is 0 Å². The molecule has 2 atom stereocenters. The highest BCUT2D eigenvalue weighted by Gasteiger charge is 2.36. The number of carbonyl (C=O) groups excluding carboxylic acids is 1. The summed E-state index contributed by atoms with van der Waals surface area (Å²) in [4.78, 5) is 22.9. The fourth-order valence-corrected chi connectivity index (χ4v) is 2.21. The summed E-state index contributed by atoms with van der Waals surface area (Å²) in [5, 5.41) is 9.06. The third-order valence-electron chi connectivity index (χ3n) is 3.33. The second-order valence-corrected chi connectivity index (χ2v) is 5.19. The number of carboxylic acid groups (broad SMARTS) is 1. The number of aliphatic carboxylic acids is 1. The Kier molecular flexibility index (Phi) is 5.45. The molecule has 0 aromatic rings. The van der Waals surface area contributed by atoms with Crippen molar-refractivity contribution >= 4 is 11.9 Å². The van der Waals surface area contributed by atoms with Crippen LogP contribution in [0.2, 0.25) is 0 Å². The maximum Gasteiger partial charge on any atom is 0.309 e. The molecule has 0 aromatic carbocycles. The highest BCUT2D eigenvalue weighted by atomic mass is 16.5. The van der Waals surface area contributed by atoms with E-state index in [-0.39, 0.29) is 5.97 Å². The van der Waals surface area contributed by atoms with E-state index in [9.17, 15) is 9.59 Å². The molecule has 0 bridgehead atoms. The van der Waals surface area contributed by atoms with E-state index in [1.54, 1.807) is 0 Å². The molecule has 1 saturated carbocycles. The van der Waals surface area contributed by atoms with Crippen LogP contribution in [0.5, 0.6) is 0 Å². The molecular formula is C13H22O4. The molecule has 0 radical (unpaired) electrons. The summed E-state index contributed by atoms with van der Waals surface area (Å²) in [6, 6.07) is 0. The fraction of sp³-hybridized carbons (Fsp3) is 0.846. The number of carbonyl (C=O) groups is 2. The molecule has 0 heterocycles. The first kappa shape index (κ1) is 14.0. The standard InChI is InChI=1S/C13H22O4/c1-9(2)7-8-17-13(16)11-6-4-3-5-10(11)12(14)15/h9-11H,3-8H2,1-2H3,(H,14,15). The lowest BCUT2D eigenvalue weighted by atomic mass is 9.79. The Bertz CT molecular complexity index is 273. The van der Waals surface area contributed by atoms with Crippen molar-refractivity contribution in [1.29, 1.82) is 0 Å². The van der Waals surface area contributed by atoms with Gasteiger partial charge in [-0.15, -0.1) is 0 Å². The van der Waals surface area contributed by atoms with Crippen molar-refractivity contribution in [3.05, 3.63) is 0 Å². The van der Waals surface area contributed by atoms with Crippen molar-refractivity contribution in [2.75, 3.05) is 6.61 Å². The van der Waals surface area contributed by atoms with E-state index in [0.717, 1.165) is 19.3 Å². The monoisotopic (exact) mass is 242 g/mol. The van der Waals surface area contributed by atoms with Crippen LogP contribution in [0.25, 0.3) is 0 Å². The fourth-order valence-electron chi connectivity index (χ4n) is 2.21. The Morgan fingerprint density at radius 3 is 2.35 bits per heavy atom. The Hall–Kier alpha value is -1.06. The van der Waals surface area contributed by atoms with Gasteiger partial charge in [-0.3, -0.25) is 9.59 Å². The maximum atomic E-state index is 11.8. The zero-order chi connectivity index (χ0) is 12.8. The zero-order valence-electron chi connectivity index (χ0n) is 10.6. The highest BCUT2D eigenvalue weighted by Crippen LogP contribution is 2.31. The third kappa shape index (κ3) is 4.36. The van der Waals surface area contributed by atoms with Crippen LogP contribution in [-0.2, 0) is 14.3 Å². The van der Waals surface area contributed by atoms with E-state index >= 15 is 0 Å². The van der Waals surface area contributed by atoms with E-state index < -0.39 is 17.8 Å². The van der Waals surface area contributed by atoms with E-state index in [1.165, 1.54) is 0 Å². The molecule has 1 aliphatic rings. The minimum atomic E-state index is -0.865. The van der Waals surface area contributed by atoms with Crippen LogP contribution < -0.4 is 0 Å². The first-order chi connectivity index (χ1) is 8.02. The number of hydrogen-bond acceptors (Lipinski definition) is 3. The Morgan fingerprint density at radius 1 is 1.24 bits per heavy atom. The molecule has 2 unspecified atom stereocenters. The minimum absolute atomic E-state index is 0.322. The zero-order valence-corrected chi connectivity index (χ0v) is 10.6. The molecule has 1 fully saturated rings. The Labute approximate surface area is 102 Å². The summed E-state index contributed by atoms with van der Waals surface area (Å²) in [6.45, 7) is 4.53. The SMILES string of the molecule is CC(C)CCOC(=O)C1CCCCC1C(=O)O. The average molecular weight is 242 g/mol. The average Bonchev–Trinajstić information content (AvgIpc) is 2.28. The van der Waals surface area contributed by atoms with Crippen LogP contribution in [0.15, 0.2) is 0 Å². The lowest BCUT2D eigenvalue weighted by Gasteiger charge is -2.26. The lowest BCUT2D eigenvalue weighted by molar-refractivity contribution is -0.159. The van der Waals surface area contributed by atoms with Gasteiger partial charge in [-0.2, -0.15) is 0 Å². The molecule has 4 nitrogen and oxygen atoms in total. The molecule has 1 rings (SSSR count). The first-order valence-corrected chi connectivity index (χ1v) is 6.41. The van der Waals surface area contributed by atoms with Gasteiger partial charge in [0.1, 0.15) is 0 Å². The minimum Gasteiger partial charge on any atom is -0.481 e. The lowest BCUT2D eigenvalue weighted by Crippen LogP contribution is -2.34. The highest BCUT2D eigenvalue weighted by molar-refractivity contribution is 5.81. The van der Waals surface area contributed by atoms with Crippen LogP contribution >= 0.6 is 0 Å². The van der Waals surface area contributed by atoms with Gasteiger partial charge in [0.15, 0.2) is 0 Å². The topological polar surface area (TPSA) is 63.6 Å². The second kappa shape index (κ2) is 6.62. The molecule has 0 aliphatic heterocycles. The number of ether oxygens (including phenoxy) is 1. The van der Waals surface area contributed by atoms with Gasteiger partial charge in [0.25, 0.3) is 0 Å². The first-order valence-electron chi connectivity index (χ1n) is 6.41. The van der Waals surface area contributed by atoms with Crippen LogP contribution in [0.1, 0.15) is 46.0 Å². The van der Waals surface area contributed by atoms with Crippen molar-refractivity contribution in [2.45, 2.75) is 46.0 Å². The van der Waals surface area contributed by atoms with Crippen molar-refractivity contribution in [2.24, 2.45) is 17.8 Å².